The van der Waals surface area contributed by atoms with Crippen molar-refractivity contribution in [3.63, 3.8) is 0 Å². The van der Waals surface area contributed by atoms with Gasteiger partial charge in [0.25, 0.3) is 5.91 Å². The predicted octanol–water partition coefficient (Wildman–Crippen LogP) is 2.10. The molecular formula is C17H14ClFN8O. The maximum atomic E-state index is 13.3. The highest BCUT2D eigenvalue weighted by atomic mass is 35.5. The van der Waals surface area contributed by atoms with E-state index in [4.69, 9.17) is 22.6 Å². The number of halogens is 2. The molecule has 1 aliphatic rings. The quantitative estimate of drug-likeness (QED) is 0.689. The van der Waals surface area contributed by atoms with Gasteiger partial charge in [0.05, 0.1) is 47.0 Å². The van der Waals surface area contributed by atoms with Crippen LogP contribution in [0.2, 0.25) is 5.02 Å². The molecule has 1 aliphatic heterocycles. The standard InChI is InChI=1S/C17H14ClFN8O/c18-11-5-22-6-12(14(11)26-2-1-9(3-20)7-26)24-17(28)13-15(21)25-27-8-10(19)4-23-16(13)27/h4-6,8-9H,1-2,7H2,(H2,21,25)(H,24,28)/t9-/m0/s1. The number of hydrogen-bond acceptors (Lipinski definition) is 7. The minimum atomic E-state index is -0.607. The van der Waals surface area contributed by atoms with E-state index < -0.39 is 11.7 Å². The molecule has 11 heteroatoms. The van der Waals surface area contributed by atoms with Crippen LogP contribution in [0.1, 0.15) is 16.8 Å². The molecule has 3 N–H and O–H groups in total. The van der Waals surface area contributed by atoms with Crippen LogP contribution in [0.3, 0.4) is 0 Å². The lowest BCUT2D eigenvalue weighted by Crippen LogP contribution is -2.23. The molecule has 4 heterocycles. The Hall–Kier alpha value is -3.45. The van der Waals surface area contributed by atoms with Gasteiger partial charge in [-0.15, -0.1) is 5.10 Å². The van der Waals surface area contributed by atoms with Crippen LogP contribution in [0, 0.1) is 23.1 Å². The molecule has 142 valence electrons. The molecule has 0 bridgehead atoms. The fraction of sp³-hybridized carbons (Fsp3) is 0.235. The number of aromatic nitrogens is 4. The highest BCUT2D eigenvalue weighted by Crippen LogP contribution is 2.36. The lowest BCUT2D eigenvalue weighted by atomic mass is 10.1. The number of nitrogens with two attached hydrogens (primary N) is 1. The van der Waals surface area contributed by atoms with Crippen LogP contribution in [0.15, 0.2) is 24.8 Å². The van der Waals surface area contributed by atoms with E-state index in [0.29, 0.717) is 35.9 Å². The van der Waals surface area contributed by atoms with Gasteiger partial charge in [-0.25, -0.2) is 13.9 Å². The van der Waals surface area contributed by atoms with E-state index in [1.165, 1.54) is 12.4 Å². The topological polar surface area (TPSA) is 125 Å². The average molecular weight is 401 g/mol. The summed E-state index contributed by atoms with van der Waals surface area (Å²) in [6.45, 7) is 1.13. The summed E-state index contributed by atoms with van der Waals surface area (Å²) in [6.07, 6.45) is 5.70. The zero-order valence-corrected chi connectivity index (χ0v) is 15.2. The highest BCUT2D eigenvalue weighted by molar-refractivity contribution is 6.34. The number of amides is 1. The van der Waals surface area contributed by atoms with Crippen molar-refractivity contribution >= 4 is 40.3 Å². The van der Waals surface area contributed by atoms with Crippen molar-refractivity contribution in [2.24, 2.45) is 5.92 Å². The summed E-state index contributed by atoms with van der Waals surface area (Å²) in [5, 5.41) is 16.1. The van der Waals surface area contributed by atoms with Crippen LogP contribution in [0.5, 0.6) is 0 Å². The molecule has 0 spiro atoms. The van der Waals surface area contributed by atoms with Crippen LogP contribution >= 0.6 is 11.6 Å². The van der Waals surface area contributed by atoms with Gasteiger partial charge in [-0.1, -0.05) is 11.6 Å². The zero-order valence-electron chi connectivity index (χ0n) is 14.4. The van der Waals surface area contributed by atoms with Crippen LogP contribution in [0.25, 0.3) is 5.65 Å². The van der Waals surface area contributed by atoms with E-state index in [2.05, 4.69) is 26.5 Å². The van der Waals surface area contributed by atoms with Crippen LogP contribution in [-0.4, -0.2) is 38.6 Å². The first-order valence-electron chi connectivity index (χ1n) is 8.36. The molecule has 9 nitrogen and oxygen atoms in total. The second kappa shape index (κ2) is 6.94. The molecule has 0 unspecified atom stereocenters. The number of nitrogens with zero attached hydrogens (tertiary/aromatic N) is 6. The van der Waals surface area contributed by atoms with Crippen molar-refractivity contribution in [1.82, 2.24) is 19.6 Å². The summed E-state index contributed by atoms with van der Waals surface area (Å²) >= 11 is 6.32. The van der Waals surface area contributed by atoms with Crippen molar-refractivity contribution < 1.29 is 9.18 Å². The number of hydrogen-bond donors (Lipinski definition) is 2. The predicted molar refractivity (Wildman–Crippen MR) is 100 cm³/mol. The number of pyridine rings is 1. The fourth-order valence-electron chi connectivity index (χ4n) is 3.24. The maximum absolute atomic E-state index is 13.3. The first-order chi connectivity index (χ1) is 13.5. The molecule has 1 saturated heterocycles. The number of nitrogens with one attached hydrogen (secondary N) is 1. The van der Waals surface area contributed by atoms with E-state index in [1.807, 2.05) is 4.90 Å². The maximum Gasteiger partial charge on any atom is 0.263 e. The average Bonchev–Trinajstić information content (AvgIpc) is 3.24. The smallest absolute Gasteiger partial charge is 0.263 e. The van der Waals surface area contributed by atoms with E-state index in [9.17, 15) is 9.18 Å². The van der Waals surface area contributed by atoms with Gasteiger partial charge in [0, 0.05) is 19.3 Å². The van der Waals surface area contributed by atoms with Crippen molar-refractivity contribution in [2.75, 3.05) is 29.0 Å². The third-order valence-electron chi connectivity index (χ3n) is 4.50. The Balaban J connectivity index is 1.69. The van der Waals surface area contributed by atoms with Gasteiger partial charge in [0.2, 0.25) is 0 Å². The molecule has 3 aromatic heterocycles. The molecule has 4 rings (SSSR count). The van der Waals surface area contributed by atoms with Gasteiger partial charge in [-0.05, 0) is 6.42 Å². The lowest BCUT2D eigenvalue weighted by molar-refractivity contribution is 0.102. The van der Waals surface area contributed by atoms with Gasteiger partial charge < -0.3 is 16.0 Å². The number of anilines is 3. The Bertz CT molecular complexity index is 1120. The van der Waals surface area contributed by atoms with Crippen LogP contribution < -0.4 is 16.0 Å². The first kappa shape index (κ1) is 17.9. The lowest BCUT2D eigenvalue weighted by Gasteiger charge is -2.22. The van der Waals surface area contributed by atoms with E-state index >= 15 is 0 Å². The van der Waals surface area contributed by atoms with E-state index in [-0.39, 0.29) is 22.9 Å². The molecule has 28 heavy (non-hydrogen) atoms. The van der Waals surface area contributed by atoms with Crippen LogP contribution in [-0.2, 0) is 0 Å². The molecule has 1 amide bonds. The molecular weight excluding hydrogens is 387 g/mol. The normalized spacial score (nSPS) is 16.3. The Labute approximate surface area is 163 Å². The summed E-state index contributed by atoms with van der Waals surface area (Å²) in [4.78, 5) is 22.7. The van der Waals surface area contributed by atoms with E-state index in [1.54, 1.807) is 0 Å². The summed E-state index contributed by atoms with van der Waals surface area (Å²) in [5.74, 6) is -1.38. The Morgan fingerprint density at radius 1 is 1.43 bits per heavy atom. The van der Waals surface area contributed by atoms with Crippen molar-refractivity contribution in [1.29, 1.82) is 5.26 Å². The Morgan fingerprint density at radius 3 is 3.00 bits per heavy atom. The van der Waals surface area contributed by atoms with Crippen molar-refractivity contribution in [2.45, 2.75) is 6.42 Å². The minimum absolute atomic E-state index is 0.0160. The third kappa shape index (κ3) is 3.05. The molecule has 3 aromatic rings. The summed E-state index contributed by atoms with van der Waals surface area (Å²) in [5.41, 5.74) is 6.93. The zero-order chi connectivity index (χ0) is 19.8. The number of nitrogen functional groups attached to an aromatic ring is 1. The van der Waals surface area contributed by atoms with E-state index in [0.717, 1.165) is 16.9 Å². The number of carbonyl (C=O) groups excluding carboxylic acids is 1. The number of nitriles is 1. The minimum Gasteiger partial charge on any atom is -0.381 e. The second-order valence-corrected chi connectivity index (χ2v) is 6.74. The summed E-state index contributed by atoms with van der Waals surface area (Å²) in [7, 11) is 0. The van der Waals surface area contributed by atoms with Crippen molar-refractivity contribution in [3.8, 4) is 6.07 Å². The number of carbonyl (C=O) groups is 1. The molecule has 1 fully saturated rings. The first-order valence-corrected chi connectivity index (χ1v) is 8.74. The molecule has 1 atom stereocenters. The Morgan fingerprint density at radius 2 is 2.25 bits per heavy atom. The van der Waals surface area contributed by atoms with Gasteiger partial charge in [0.1, 0.15) is 5.56 Å². The van der Waals surface area contributed by atoms with Gasteiger partial charge in [-0.3, -0.25) is 9.78 Å². The molecule has 0 aliphatic carbocycles. The fourth-order valence-corrected chi connectivity index (χ4v) is 3.52. The second-order valence-electron chi connectivity index (χ2n) is 6.33. The number of fused-ring (bicyclic) bond motifs is 1. The summed E-state index contributed by atoms with van der Waals surface area (Å²) < 4.78 is 14.4. The highest BCUT2D eigenvalue weighted by Gasteiger charge is 2.27. The molecule has 0 radical (unpaired) electrons. The monoisotopic (exact) mass is 400 g/mol. The van der Waals surface area contributed by atoms with Gasteiger partial charge >= 0.3 is 0 Å². The molecule has 0 saturated carbocycles. The summed E-state index contributed by atoms with van der Waals surface area (Å²) in [6, 6.07) is 2.24. The third-order valence-corrected chi connectivity index (χ3v) is 4.78. The van der Waals surface area contributed by atoms with Gasteiger partial charge in [0.15, 0.2) is 17.3 Å². The van der Waals surface area contributed by atoms with Crippen LogP contribution in [0.4, 0.5) is 21.6 Å². The van der Waals surface area contributed by atoms with Gasteiger partial charge in [-0.2, -0.15) is 5.26 Å². The number of rotatable bonds is 3. The SMILES string of the molecule is N#C[C@@H]1CCN(c2c(Cl)cncc2NC(=O)c2c(N)nn3cc(F)cnc23)C1. The Kier molecular flexibility index (Phi) is 4.44. The largest absolute Gasteiger partial charge is 0.381 e. The molecule has 0 aromatic carbocycles. The van der Waals surface area contributed by atoms with Crippen molar-refractivity contribution in [3.05, 3.63) is 41.2 Å².